The number of amides is 2. The van der Waals surface area contributed by atoms with Crippen LogP contribution in [0.25, 0.3) is 0 Å². The van der Waals surface area contributed by atoms with E-state index in [0.29, 0.717) is 24.3 Å². The fraction of sp³-hybridized carbons (Fsp3) is 0.440. The summed E-state index contributed by atoms with van der Waals surface area (Å²) in [5, 5.41) is 2.85. The lowest BCUT2D eigenvalue weighted by atomic mass is 10.1. The van der Waals surface area contributed by atoms with E-state index in [9.17, 15) is 22.4 Å². The van der Waals surface area contributed by atoms with Gasteiger partial charge in [-0.2, -0.15) is 0 Å². The number of nitrogens with zero attached hydrogens (tertiary/aromatic N) is 2. The lowest BCUT2D eigenvalue weighted by Crippen LogP contribution is -2.52. The Morgan fingerprint density at radius 1 is 1.11 bits per heavy atom. The van der Waals surface area contributed by atoms with Crippen LogP contribution in [0.4, 0.5) is 10.1 Å². The van der Waals surface area contributed by atoms with Crippen LogP contribution in [0.3, 0.4) is 0 Å². The number of anilines is 1. The molecular formula is C25H34FN3O5S. The number of halogens is 1. The van der Waals surface area contributed by atoms with Crippen molar-refractivity contribution < 1.29 is 27.1 Å². The van der Waals surface area contributed by atoms with Gasteiger partial charge in [0.05, 0.1) is 19.1 Å². The topological polar surface area (TPSA) is 96.0 Å². The molecule has 0 fully saturated rings. The first-order valence-electron chi connectivity index (χ1n) is 11.4. The molecule has 2 aromatic carbocycles. The lowest BCUT2D eigenvalue weighted by Gasteiger charge is -2.33. The quantitative estimate of drug-likeness (QED) is 0.476. The SMILES string of the molecule is CC[C@H](C(=O)NCC(C)C)N(Cc1cccc(OC)c1)C(=O)CN(c1ccccc1F)S(C)(=O)=O. The molecule has 10 heteroatoms. The summed E-state index contributed by atoms with van der Waals surface area (Å²) in [6.45, 7) is 5.51. The molecule has 35 heavy (non-hydrogen) atoms. The Labute approximate surface area is 207 Å². The molecule has 0 heterocycles. The minimum absolute atomic E-state index is 0.0402. The molecule has 0 radical (unpaired) electrons. The number of rotatable bonds is 12. The molecule has 0 aliphatic carbocycles. The van der Waals surface area contributed by atoms with E-state index in [1.54, 1.807) is 31.2 Å². The standard InChI is InChI=1S/C25H34FN3O5S/c1-6-22(25(31)27-15-18(2)3)28(16-19-10-9-11-20(14-19)34-4)24(30)17-29(35(5,32)33)23-13-8-7-12-21(23)26/h7-14,18,22H,6,15-17H2,1-5H3,(H,27,31)/t22-/m1/s1. The summed E-state index contributed by atoms with van der Waals surface area (Å²) in [4.78, 5) is 27.9. The molecule has 1 N–H and O–H groups in total. The zero-order valence-electron chi connectivity index (χ0n) is 20.8. The molecule has 2 aromatic rings. The predicted molar refractivity (Wildman–Crippen MR) is 134 cm³/mol. The monoisotopic (exact) mass is 507 g/mol. The van der Waals surface area contributed by atoms with E-state index < -0.39 is 34.3 Å². The third kappa shape index (κ3) is 7.95. The van der Waals surface area contributed by atoms with Crippen molar-refractivity contribution in [2.24, 2.45) is 5.92 Å². The van der Waals surface area contributed by atoms with Crippen molar-refractivity contribution in [3.05, 3.63) is 59.9 Å². The molecule has 0 aromatic heterocycles. The fourth-order valence-corrected chi connectivity index (χ4v) is 4.41. The van der Waals surface area contributed by atoms with E-state index in [2.05, 4.69) is 5.32 Å². The third-order valence-corrected chi connectivity index (χ3v) is 6.48. The molecule has 2 rings (SSSR count). The molecule has 0 spiro atoms. The highest BCUT2D eigenvalue weighted by Crippen LogP contribution is 2.23. The van der Waals surface area contributed by atoms with Gasteiger partial charge in [-0.3, -0.25) is 13.9 Å². The molecule has 0 aliphatic rings. The van der Waals surface area contributed by atoms with E-state index in [1.165, 1.54) is 30.2 Å². The highest BCUT2D eigenvalue weighted by atomic mass is 32.2. The van der Waals surface area contributed by atoms with E-state index in [1.807, 2.05) is 13.8 Å². The second-order valence-corrected chi connectivity index (χ2v) is 10.6. The summed E-state index contributed by atoms with van der Waals surface area (Å²) >= 11 is 0. The number of methoxy groups -OCH3 is 1. The van der Waals surface area contributed by atoms with Crippen molar-refractivity contribution >= 4 is 27.5 Å². The van der Waals surface area contributed by atoms with Crippen LogP contribution in [0.2, 0.25) is 0 Å². The number of sulfonamides is 1. The van der Waals surface area contributed by atoms with Crippen molar-refractivity contribution in [1.82, 2.24) is 10.2 Å². The zero-order valence-corrected chi connectivity index (χ0v) is 21.6. The maximum Gasteiger partial charge on any atom is 0.244 e. The van der Waals surface area contributed by atoms with Gasteiger partial charge in [-0.25, -0.2) is 12.8 Å². The van der Waals surface area contributed by atoms with E-state index in [4.69, 9.17) is 4.74 Å². The second kappa shape index (κ2) is 12.5. The zero-order chi connectivity index (χ0) is 26.2. The van der Waals surface area contributed by atoms with Gasteiger partial charge in [0.1, 0.15) is 24.2 Å². The van der Waals surface area contributed by atoms with Crippen molar-refractivity contribution in [3.63, 3.8) is 0 Å². The maximum atomic E-state index is 14.5. The Morgan fingerprint density at radius 2 is 1.80 bits per heavy atom. The number of hydrogen-bond donors (Lipinski definition) is 1. The van der Waals surface area contributed by atoms with E-state index in [0.717, 1.165) is 16.6 Å². The molecule has 192 valence electrons. The van der Waals surface area contributed by atoms with Gasteiger partial charge in [-0.1, -0.05) is 45.0 Å². The van der Waals surface area contributed by atoms with Crippen molar-refractivity contribution in [1.29, 1.82) is 0 Å². The first-order chi connectivity index (χ1) is 16.5. The predicted octanol–water partition coefficient (Wildman–Crippen LogP) is 3.18. The number of carbonyl (C=O) groups is 2. The van der Waals surface area contributed by atoms with Crippen LogP contribution in [0.15, 0.2) is 48.5 Å². The third-order valence-electron chi connectivity index (χ3n) is 5.36. The first kappa shape index (κ1) is 28.1. The molecule has 8 nitrogen and oxygen atoms in total. The van der Waals surface area contributed by atoms with Gasteiger partial charge in [0, 0.05) is 13.1 Å². The summed E-state index contributed by atoms with van der Waals surface area (Å²) in [6.07, 6.45) is 1.21. The van der Waals surface area contributed by atoms with Gasteiger partial charge >= 0.3 is 0 Å². The molecule has 2 amide bonds. The van der Waals surface area contributed by atoms with Crippen LogP contribution >= 0.6 is 0 Å². The van der Waals surface area contributed by atoms with Crippen LogP contribution in [-0.4, -0.2) is 57.6 Å². The van der Waals surface area contributed by atoms with Crippen LogP contribution in [-0.2, 0) is 26.2 Å². The van der Waals surface area contributed by atoms with Crippen molar-refractivity contribution in [2.45, 2.75) is 39.8 Å². The largest absolute Gasteiger partial charge is 0.497 e. The van der Waals surface area contributed by atoms with E-state index >= 15 is 0 Å². The molecule has 1 atom stereocenters. The first-order valence-corrected chi connectivity index (χ1v) is 13.2. The number of carbonyl (C=O) groups excluding carboxylic acids is 2. The molecular weight excluding hydrogens is 473 g/mol. The molecule has 0 bridgehead atoms. The number of para-hydroxylation sites is 1. The summed E-state index contributed by atoms with van der Waals surface area (Å²) in [5.41, 5.74) is 0.464. The normalized spacial score (nSPS) is 12.2. The highest BCUT2D eigenvalue weighted by molar-refractivity contribution is 7.92. The Balaban J connectivity index is 2.45. The van der Waals surface area contributed by atoms with Crippen molar-refractivity contribution in [3.8, 4) is 5.75 Å². The maximum absolute atomic E-state index is 14.5. The van der Waals surface area contributed by atoms with Gasteiger partial charge in [0.25, 0.3) is 0 Å². The van der Waals surface area contributed by atoms with Gasteiger partial charge in [0.15, 0.2) is 0 Å². The minimum Gasteiger partial charge on any atom is -0.497 e. The Morgan fingerprint density at radius 3 is 2.37 bits per heavy atom. The fourth-order valence-electron chi connectivity index (χ4n) is 3.56. The molecule has 0 unspecified atom stereocenters. The summed E-state index contributed by atoms with van der Waals surface area (Å²) in [5.74, 6) is -0.953. The molecule has 0 saturated heterocycles. The summed E-state index contributed by atoms with van der Waals surface area (Å²) in [7, 11) is -2.48. The van der Waals surface area contributed by atoms with Gasteiger partial charge in [-0.05, 0) is 42.2 Å². The number of nitrogens with one attached hydrogen (secondary N) is 1. The van der Waals surface area contributed by atoms with Crippen molar-refractivity contribution in [2.75, 3.05) is 30.8 Å². The van der Waals surface area contributed by atoms with Crippen LogP contribution in [0.5, 0.6) is 5.75 Å². The highest BCUT2D eigenvalue weighted by Gasteiger charge is 2.32. The number of hydrogen-bond acceptors (Lipinski definition) is 5. The summed E-state index contributed by atoms with van der Waals surface area (Å²) < 4.78 is 45.5. The van der Waals surface area contributed by atoms with E-state index in [-0.39, 0.29) is 24.1 Å². The Bertz CT molecular complexity index is 1120. The van der Waals surface area contributed by atoms with Gasteiger partial charge in [0.2, 0.25) is 21.8 Å². The van der Waals surface area contributed by atoms with Crippen LogP contribution < -0.4 is 14.4 Å². The minimum atomic E-state index is -4.00. The van der Waals surface area contributed by atoms with Gasteiger partial charge < -0.3 is 15.0 Å². The second-order valence-electron chi connectivity index (χ2n) is 8.66. The number of benzene rings is 2. The molecule has 0 saturated carbocycles. The average Bonchev–Trinajstić information content (AvgIpc) is 2.80. The average molecular weight is 508 g/mol. The van der Waals surface area contributed by atoms with Crippen LogP contribution in [0.1, 0.15) is 32.8 Å². The number of ether oxygens (including phenoxy) is 1. The van der Waals surface area contributed by atoms with Crippen LogP contribution in [0, 0.1) is 11.7 Å². The lowest BCUT2D eigenvalue weighted by molar-refractivity contribution is -0.140. The Kier molecular flexibility index (Phi) is 10.1. The smallest absolute Gasteiger partial charge is 0.244 e. The summed E-state index contributed by atoms with van der Waals surface area (Å²) in [6, 6.07) is 11.5. The Hall–Kier alpha value is -3.14. The van der Waals surface area contributed by atoms with Gasteiger partial charge in [-0.15, -0.1) is 0 Å². The molecule has 0 aliphatic heterocycles.